The van der Waals surface area contributed by atoms with Crippen LogP contribution in [-0.4, -0.2) is 50.2 Å². The highest BCUT2D eigenvalue weighted by molar-refractivity contribution is 7.09. The number of nitrogens with zero attached hydrogens (tertiary/aromatic N) is 6. The van der Waals surface area contributed by atoms with Crippen molar-refractivity contribution in [3.63, 3.8) is 0 Å². The van der Waals surface area contributed by atoms with Crippen LogP contribution in [-0.2, 0) is 20.0 Å². The second-order valence-corrected chi connectivity index (χ2v) is 6.69. The highest BCUT2D eigenvalue weighted by Crippen LogP contribution is 2.23. The topological polar surface area (TPSA) is 50.1 Å². The summed E-state index contributed by atoms with van der Waals surface area (Å²) in [6, 6.07) is 0. The maximum Gasteiger partial charge on any atom is 0.205 e. The van der Waals surface area contributed by atoms with Gasteiger partial charge in [0.1, 0.15) is 5.82 Å². The van der Waals surface area contributed by atoms with Crippen LogP contribution < -0.4 is 4.90 Å². The lowest BCUT2D eigenvalue weighted by Gasteiger charge is -2.34. The lowest BCUT2D eigenvalue weighted by Crippen LogP contribution is -2.46. The largest absolute Gasteiger partial charge is 0.344 e. The Morgan fingerprint density at radius 3 is 2.50 bits per heavy atom. The number of aryl methyl sites for hydroxylation is 3. The third-order valence-corrected chi connectivity index (χ3v) is 5.36. The van der Waals surface area contributed by atoms with Gasteiger partial charge in [0.2, 0.25) is 5.13 Å². The molecule has 2 aromatic rings. The molecule has 0 saturated carbocycles. The molecule has 0 N–H and O–H groups in total. The van der Waals surface area contributed by atoms with Crippen molar-refractivity contribution in [2.75, 3.05) is 31.1 Å². The fraction of sp³-hybridized carbons (Fsp3) is 0.643. The van der Waals surface area contributed by atoms with Crippen molar-refractivity contribution in [2.24, 2.45) is 7.05 Å². The Bertz CT molecular complexity index is 644. The van der Waals surface area contributed by atoms with Crippen LogP contribution in [0.3, 0.4) is 0 Å². The zero-order chi connectivity index (χ0) is 15.7. The molecule has 3 heterocycles. The second-order valence-electron chi connectivity index (χ2n) is 5.58. The van der Waals surface area contributed by atoms with E-state index >= 15 is 0 Å². The first kappa shape index (κ1) is 15.7. The van der Waals surface area contributed by atoms with Gasteiger partial charge in [-0.25, -0.2) is 4.98 Å². The molecule has 0 radical (unpaired) electrons. The van der Waals surface area contributed by atoms with Gasteiger partial charge < -0.3 is 4.90 Å². The zero-order valence-corrected chi connectivity index (χ0v) is 14.8. The molecular weight excluding hydrogens is 320 g/mol. The summed E-state index contributed by atoms with van der Waals surface area (Å²) in [5.74, 6) is 0.944. The van der Waals surface area contributed by atoms with E-state index in [9.17, 15) is 0 Å². The predicted molar refractivity (Wildman–Crippen MR) is 89.7 cm³/mol. The first-order valence-electron chi connectivity index (χ1n) is 7.56. The smallest absolute Gasteiger partial charge is 0.205 e. The van der Waals surface area contributed by atoms with Crippen LogP contribution in [0.5, 0.6) is 0 Å². The highest BCUT2D eigenvalue weighted by Gasteiger charge is 2.22. The second kappa shape index (κ2) is 6.52. The number of halogens is 1. The van der Waals surface area contributed by atoms with Crippen LogP contribution in [0.25, 0.3) is 0 Å². The van der Waals surface area contributed by atoms with E-state index in [1.165, 1.54) is 11.5 Å². The SMILES string of the molecule is CCc1nsc(N2CCN(Cc3c(Cl)c(C)nn3C)CC2)n1. The number of rotatable bonds is 4. The molecule has 0 amide bonds. The Balaban J connectivity index is 1.59. The summed E-state index contributed by atoms with van der Waals surface area (Å²) in [5.41, 5.74) is 2.00. The van der Waals surface area contributed by atoms with Crippen molar-refractivity contribution in [3.8, 4) is 0 Å². The van der Waals surface area contributed by atoms with Crippen LogP contribution in [0.4, 0.5) is 5.13 Å². The maximum absolute atomic E-state index is 6.34. The van der Waals surface area contributed by atoms with Crippen molar-refractivity contribution in [1.29, 1.82) is 0 Å². The number of aromatic nitrogens is 4. The summed E-state index contributed by atoms with van der Waals surface area (Å²) < 4.78 is 6.26. The Hall–Kier alpha value is -1.18. The van der Waals surface area contributed by atoms with E-state index in [0.29, 0.717) is 0 Å². The average Bonchev–Trinajstić information content (AvgIpc) is 3.09. The molecule has 0 spiro atoms. The molecule has 0 bridgehead atoms. The Morgan fingerprint density at radius 2 is 1.95 bits per heavy atom. The quantitative estimate of drug-likeness (QED) is 0.853. The third-order valence-electron chi connectivity index (χ3n) is 4.05. The Kier molecular flexibility index (Phi) is 4.65. The fourth-order valence-corrected chi connectivity index (χ4v) is 3.70. The van der Waals surface area contributed by atoms with Crippen LogP contribution in [0, 0.1) is 6.92 Å². The lowest BCUT2D eigenvalue weighted by atomic mass is 10.3. The molecule has 3 rings (SSSR count). The van der Waals surface area contributed by atoms with E-state index in [2.05, 4.69) is 31.2 Å². The van der Waals surface area contributed by atoms with Gasteiger partial charge in [0.05, 0.1) is 16.4 Å². The number of hydrogen-bond donors (Lipinski definition) is 0. The van der Waals surface area contributed by atoms with E-state index in [0.717, 1.165) is 66.5 Å². The molecule has 0 atom stereocenters. The molecule has 0 aromatic carbocycles. The number of hydrogen-bond acceptors (Lipinski definition) is 6. The molecule has 8 heteroatoms. The van der Waals surface area contributed by atoms with Crippen molar-refractivity contribution >= 4 is 28.3 Å². The van der Waals surface area contributed by atoms with Crippen molar-refractivity contribution in [1.82, 2.24) is 24.0 Å². The molecule has 0 unspecified atom stereocenters. The predicted octanol–water partition coefficient (Wildman–Crippen LogP) is 2.12. The minimum atomic E-state index is 0.793. The van der Waals surface area contributed by atoms with Crippen LogP contribution in [0.15, 0.2) is 0 Å². The van der Waals surface area contributed by atoms with Gasteiger partial charge in [-0.05, 0) is 6.92 Å². The number of piperazine rings is 1. The van der Waals surface area contributed by atoms with E-state index < -0.39 is 0 Å². The van der Waals surface area contributed by atoms with Gasteiger partial charge in [0.25, 0.3) is 0 Å². The van der Waals surface area contributed by atoms with Gasteiger partial charge in [-0.3, -0.25) is 9.58 Å². The number of anilines is 1. The molecule has 0 aliphatic carbocycles. The summed E-state index contributed by atoms with van der Waals surface area (Å²) in [6.07, 6.45) is 0.898. The van der Waals surface area contributed by atoms with Gasteiger partial charge in [0, 0.05) is 57.7 Å². The van der Waals surface area contributed by atoms with E-state index in [1.54, 1.807) is 0 Å². The average molecular weight is 341 g/mol. The summed E-state index contributed by atoms with van der Waals surface area (Å²) in [5, 5.41) is 6.22. The standard InChI is InChI=1S/C14H21ClN6S/c1-4-12-16-14(22-18-12)21-7-5-20(6-8-21)9-11-13(15)10(2)17-19(11)3/h4-9H2,1-3H3. The van der Waals surface area contributed by atoms with Crippen molar-refractivity contribution in [2.45, 2.75) is 26.8 Å². The first-order chi connectivity index (χ1) is 10.6. The Morgan fingerprint density at radius 1 is 1.23 bits per heavy atom. The van der Waals surface area contributed by atoms with Gasteiger partial charge in [-0.1, -0.05) is 18.5 Å². The van der Waals surface area contributed by atoms with E-state index in [1.807, 2.05) is 18.7 Å². The highest BCUT2D eigenvalue weighted by atomic mass is 35.5. The van der Waals surface area contributed by atoms with Gasteiger partial charge in [0.15, 0.2) is 0 Å². The summed E-state index contributed by atoms with van der Waals surface area (Å²) in [7, 11) is 1.96. The zero-order valence-electron chi connectivity index (χ0n) is 13.2. The molecule has 6 nitrogen and oxygen atoms in total. The van der Waals surface area contributed by atoms with Gasteiger partial charge >= 0.3 is 0 Å². The molecule has 1 aliphatic rings. The minimum Gasteiger partial charge on any atom is -0.344 e. The lowest BCUT2D eigenvalue weighted by molar-refractivity contribution is 0.243. The van der Waals surface area contributed by atoms with Gasteiger partial charge in [-0.2, -0.15) is 9.47 Å². The molecule has 1 fully saturated rings. The normalized spacial score (nSPS) is 16.5. The van der Waals surface area contributed by atoms with Crippen LogP contribution in [0.1, 0.15) is 24.1 Å². The monoisotopic (exact) mass is 340 g/mol. The van der Waals surface area contributed by atoms with Crippen molar-refractivity contribution < 1.29 is 0 Å². The third kappa shape index (κ3) is 3.11. The minimum absolute atomic E-state index is 0.793. The van der Waals surface area contributed by atoms with Gasteiger partial charge in [-0.15, -0.1) is 0 Å². The van der Waals surface area contributed by atoms with Crippen LogP contribution >= 0.6 is 23.1 Å². The maximum atomic E-state index is 6.34. The summed E-state index contributed by atoms with van der Waals surface area (Å²) in [4.78, 5) is 9.31. The molecule has 22 heavy (non-hydrogen) atoms. The Labute approximate surface area is 139 Å². The summed E-state index contributed by atoms with van der Waals surface area (Å²) in [6.45, 7) is 8.84. The summed E-state index contributed by atoms with van der Waals surface area (Å²) >= 11 is 7.84. The molecule has 1 aliphatic heterocycles. The molecule has 2 aromatic heterocycles. The molecule has 1 saturated heterocycles. The van der Waals surface area contributed by atoms with Crippen molar-refractivity contribution in [3.05, 3.63) is 22.2 Å². The van der Waals surface area contributed by atoms with E-state index in [4.69, 9.17) is 11.6 Å². The first-order valence-corrected chi connectivity index (χ1v) is 8.71. The van der Waals surface area contributed by atoms with E-state index in [-0.39, 0.29) is 0 Å². The molecule has 120 valence electrons. The fourth-order valence-electron chi connectivity index (χ4n) is 2.68. The van der Waals surface area contributed by atoms with Crippen LogP contribution in [0.2, 0.25) is 5.02 Å². The molecular formula is C14H21ClN6S.